The van der Waals surface area contributed by atoms with E-state index in [1.54, 1.807) is 5.56 Å². The number of ether oxygens (including phenoxy) is 1. The second kappa shape index (κ2) is 9.08. The Hall–Kier alpha value is -1.55. The molecule has 4 fully saturated rings. The molecule has 6 rings (SSSR count). The van der Waals surface area contributed by atoms with Crippen molar-refractivity contribution in [1.29, 1.82) is 0 Å². The van der Waals surface area contributed by atoms with E-state index >= 15 is 0 Å². The summed E-state index contributed by atoms with van der Waals surface area (Å²) < 4.78 is 6.21. The van der Waals surface area contributed by atoms with Gasteiger partial charge in [0.25, 0.3) is 0 Å². The van der Waals surface area contributed by atoms with Crippen molar-refractivity contribution in [2.24, 2.45) is 17.3 Å². The van der Waals surface area contributed by atoms with E-state index in [1.807, 2.05) is 0 Å². The highest BCUT2D eigenvalue weighted by atomic mass is 16.5. The zero-order valence-electron chi connectivity index (χ0n) is 22.4. The van der Waals surface area contributed by atoms with Gasteiger partial charge in [-0.1, -0.05) is 13.0 Å². The number of carbonyl (C=O) groups is 1. The van der Waals surface area contributed by atoms with Gasteiger partial charge in [0.1, 0.15) is 5.75 Å². The first-order valence-corrected chi connectivity index (χ1v) is 14.7. The molecule has 192 valence electrons. The second-order valence-electron chi connectivity index (χ2n) is 13.1. The van der Waals surface area contributed by atoms with Crippen LogP contribution in [0.4, 0.5) is 0 Å². The number of carbonyl (C=O) groups excluding carboxylic acids is 1. The summed E-state index contributed by atoms with van der Waals surface area (Å²) in [7, 11) is 0. The Labute approximate surface area is 212 Å². The molecular formula is C31H46N2O2. The fraction of sp³-hybridized carbons (Fsp3) is 0.774. The van der Waals surface area contributed by atoms with Gasteiger partial charge in [-0.15, -0.1) is 0 Å². The van der Waals surface area contributed by atoms with Crippen molar-refractivity contribution in [3.8, 4) is 5.75 Å². The summed E-state index contributed by atoms with van der Waals surface area (Å²) in [5, 5.41) is 0. The maximum Gasteiger partial charge on any atom is 0.228 e. The summed E-state index contributed by atoms with van der Waals surface area (Å²) >= 11 is 0. The molecule has 5 atom stereocenters. The fourth-order valence-corrected chi connectivity index (χ4v) is 8.38. The molecule has 0 unspecified atom stereocenters. The third-order valence-electron chi connectivity index (χ3n) is 10.9. The van der Waals surface area contributed by atoms with Crippen LogP contribution >= 0.6 is 0 Å². The minimum atomic E-state index is -0.0515. The lowest BCUT2D eigenvalue weighted by molar-refractivity contribution is -0.154. The highest BCUT2D eigenvalue weighted by Crippen LogP contribution is 2.58. The van der Waals surface area contributed by atoms with Crippen LogP contribution in [0.3, 0.4) is 0 Å². The topological polar surface area (TPSA) is 32.8 Å². The number of amides is 1. The number of likely N-dealkylation sites (tertiary alicyclic amines) is 2. The smallest absolute Gasteiger partial charge is 0.228 e. The molecule has 1 aromatic rings. The first kappa shape index (κ1) is 23.8. The number of fused-ring (bicyclic) bond motifs is 5. The summed E-state index contributed by atoms with van der Waals surface area (Å²) in [6.45, 7) is 11.2. The second-order valence-corrected chi connectivity index (χ2v) is 13.1. The highest BCUT2D eigenvalue weighted by molar-refractivity contribution is 5.85. The van der Waals surface area contributed by atoms with Gasteiger partial charge in [-0.05, 0) is 132 Å². The van der Waals surface area contributed by atoms with Gasteiger partial charge in [-0.3, -0.25) is 4.79 Å². The van der Waals surface area contributed by atoms with Gasteiger partial charge in [-0.25, -0.2) is 0 Å². The van der Waals surface area contributed by atoms with E-state index in [0.717, 1.165) is 69.5 Å². The van der Waals surface area contributed by atoms with Gasteiger partial charge in [0.15, 0.2) is 0 Å². The average molecular weight is 479 g/mol. The van der Waals surface area contributed by atoms with E-state index in [4.69, 9.17) is 4.74 Å². The van der Waals surface area contributed by atoms with E-state index in [2.05, 4.69) is 48.8 Å². The average Bonchev–Trinajstić information content (AvgIpc) is 3.49. The van der Waals surface area contributed by atoms with Crippen LogP contribution in [0.25, 0.3) is 0 Å². The fourth-order valence-electron chi connectivity index (χ4n) is 8.38. The Morgan fingerprint density at radius 1 is 1.06 bits per heavy atom. The third-order valence-corrected chi connectivity index (χ3v) is 10.9. The van der Waals surface area contributed by atoms with Crippen molar-refractivity contribution >= 4 is 5.91 Å². The van der Waals surface area contributed by atoms with Gasteiger partial charge in [0.05, 0.1) is 6.61 Å². The molecule has 0 aromatic heterocycles. The van der Waals surface area contributed by atoms with Crippen molar-refractivity contribution < 1.29 is 9.53 Å². The van der Waals surface area contributed by atoms with Crippen LogP contribution in [-0.2, 0) is 11.2 Å². The molecular weight excluding hydrogens is 432 g/mol. The molecule has 2 aliphatic heterocycles. The Balaban J connectivity index is 1.11. The van der Waals surface area contributed by atoms with Crippen molar-refractivity contribution in [3.05, 3.63) is 29.3 Å². The molecule has 0 radical (unpaired) electrons. The van der Waals surface area contributed by atoms with Gasteiger partial charge in [-0.2, -0.15) is 0 Å². The molecule has 2 saturated heterocycles. The van der Waals surface area contributed by atoms with E-state index in [9.17, 15) is 4.79 Å². The number of hydrogen-bond donors (Lipinski definition) is 0. The predicted octanol–water partition coefficient (Wildman–Crippen LogP) is 6.18. The number of hydrogen-bond acceptors (Lipinski definition) is 3. The van der Waals surface area contributed by atoms with E-state index in [0.29, 0.717) is 17.7 Å². The molecule has 5 aliphatic rings. The number of rotatable bonds is 6. The summed E-state index contributed by atoms with van der Waals surface area (Å²) in [5.41, 5.74) is 3.12. The molecule has 2 heterocycles. The first-order chi connectivity index (χ1) is 16.9. The Morgan fingerprint density at radius 3 is 2.66 bits per heavy atom. The molecule has 2 saturated carbocycles. The van der Waals surface area contributed by atoms with Crippen molar-refractivity contribution in [3.63, 3.8) is 0 Å². The van der Waals surface area contributed by atoms with Crippen LogP contribution in [-0.4, -0.2) is 53.5 Å². The van der Waals surface area contributed by atoms with Crippen molar-refractivity contribution in [1.82, 2.24) is 9.80 Å². The number of aryl methyl sites for hydroxylation is 1. The number of nitrogens with zero attached hydrogens (tertiary/aromatic N) is 2. The van der Waals surface area contributed by atoms with Crippen molar-refractivity contribution in [2.45, 2.75) is 109 Å². The first-order valence-electron chi connectivity index (χ1n) is 14.7. The van der Waals surface area contributed by atoms with Crippen LogP contribution in [0.15, 0.2) is 18.2 Å². The predicted molar refractivity (Wildman–Crippen MR) is 141 cm³/mol. The quantitative estimate of drug-likeness (QED) is 0.458. The lowest BCUT2D eigenvalue weighted by atomic mass is 9.55. The van der Waals surface area contributed by atoms with E-state index < -0.39 is 0 Å². The minimum Gasteiger partial charge on any atom is -0.494 e. The van der Waals surface area contributed by atoms with Gasteiger partial charge >= 0.3 is 0 Å². The Kier molecular flexibility index (Phi) is 6.18. The Bertz CT molecular complexity index is 955. The standard InChI is InChI=1S/C31H46N2O2/c1-22-7-4-17-32(22)18-6-20-35-24-10-12-25-23(21-24)9-11-27-26(25)13-14-31(3)28(27)8-5-19-33(31)29(34)30(2)15-16-30/h10,12,21-22,26-28H,4-9,11,13-20H2,1-3H3/t22-,26-,27-,28+,31+/m1/s1. The van der Waals surface area contributed by atoms with Crippen molar-refractivity contribution in [2.75, 3.05) is 26.2 Å². The zero-order valence-corrected chi connectivity index (χ0v) is 22.4. The van der Waals surface area contributed by atoms with Crippen LogP contribution in [0.2, 0.25) is 0 Å². The molecule has 1 amide bonds. The molecule has 0 spiro atoms. The summed E-state index contributed by atoms with van der Waals surface area (Å²) in [4.78, 5) is 18.4. The maximum atomic E-state index is 13.4. The molecule has 0 bridgehead atoms. The highest BCUT2D eigenvalue weighted by Gasteiger charge is 2.57. The zero-order chi connectivity index (χ0) is 24.2. The third kappa shape index (κ3) is 4.22. The lowest BCUT2D eigenvalue weighted by Gasteiger charge is -2.59. The Morgan fingerprint density at radius 2 is 1.89 bits per heavy atom. The van der Waals surface area contributed by atoms with Crippen LogP contribution < -0.4 is 4.74 Å². The largest absolute Gasteiger partial charge is 0.494 e. The molecule has 4 nitrogen and oxygen atoms in total. The SMILES string of the molecule is C[C@@H]1CCCN1CCCOc1ccc2c(c1)CC[C@@H]1[C@@H]2CC[C@@]2(C)[C@H]1CCCN2C(=O)C1(C)CC1. The molecule has 0 N–H and O–H groups in total. The van der Waals surface area contributed by atoms with Gasteiger partial charge in [0.2, 0.25) is 5.91 Å². The van der Waals surface area contributed by atoms with Gasteiger partial charge in [0, 0.05) is 30.1 Å². The summed E-state index contributed by atoms with van der Waals surface area (Å²) in [5.74, 6) is 3.55. The summed E-state index contributed by atoms with van der Waals surface area (Å²) in [6.07, 6.45) is 13.3. The van der Waals surface area contributed by atoms with E-state index in [-0.39, 0.29) is 11.0 Å². The lowest BCUT2D eigenvalue weighted by Crippen LogP contribution is -2.63. The van der Waals surface area contributed by atoms with Gasteiger partial charge < -0.3 is 14.5 Å². The van der Waals surface area contributed by atoms with Crippen LogP contribution in [0.5, 0.6) is 5.75 Å². The minimum absolute atomic E-state index is 0.0515. The summed E-state index contributed by atoms with van der Waals surface area (Å²) in [6, 6.07) is 7.72. The van der Waals surface area contributed by atoms with E-state index in [1.165, 1.54) is 50.6 Å². The van der Waals surface area contributed by atoms with Crippen LogP contribution in [0, 0.1) is 17.3 Å². The number of benzene rings is 1. The van der Waals surface area contributed by atoms with Crippen LogP contribution in [0.1, 0.15) is 102 Å². The molecule has 4 heteroatoms. The monoisotopic (exact) mass is 478 g/mol. The number of piperidine rings is 1. The normalized spacial score (nSPS) is 35.7. The maximum absolute atomic E-state index is 13.4. The molecule has 35 heavy (non-hydrogen) atoms. The molecule has 3 aliphatic carbocycles. The molecule has 1 aromatic carbocycles.